The number of benzene rings is 1. The summed E-state index contributed by atoms with van der Waals surface area (Å²) in [6.45, 7) is 0.684. The van der Waals surface area contributed by atoms with E-state index in [0.717, 1.165) is 25.7 Å². The molecule has 21 heavy (non-hydrogen) atoms. The van der Waals surface area contributed by atoms with Gasteiger partial charge in [-0.05, 0) is 25.0 Å². The van der Waals surface area contributed by atoms with Crippen LogP contribution in [-0.4, -0.2) is 40.3 Å². The van der Waals surface area contributed by atoms with Crippen molar-refractivity contribution < 1.29 is 19.9 Å². The second-order valence-electron chi connectivity index (χ2n) is 5.14. The zero-order chi connectivity index (χ0) is 15.4. The fourth-order valence-corrected chi connectivity index (χ4v) is 2.74. The third-order valence-electron chi connectivity index (χ3n) is 3.83. The van der Waals surface area contributed by atoms with Crippen molar-refractivity contribution in [2.45, 2.75) is 31.7 Å². The number of aromatic carboxylic acids is 1. The lowest BCUT2D eigenvalue weighted by Gasteiger charge is -2.30. The minimum absolute atomic E-state index is 0.0194. The average Bonchev–Trinajstić information content (AvgIpc) is 2.71. The molecule has 1 fully saturated rings. The molecule has 1 unspecified atom stereocenters. The zero-order valence-electron chi connectivity index (χ0n) is 11.6. The molecule has 0 saturated carbocycles. The molecule has 0 bridgehead atoms. The van der Waals surface area contributed by atoms with Crippen molar-refractivity contribution in [3.63, 3.8) is 0 Å². The Labute approximate surface area is 122 Å². The Morgan fingerprint density at radius 1 is 1.38 bits per heavy atom. The van der Waals surface area contributed by atoms with Crippen molar-refractivity contribution in [2.24, 2.45) is 0 Å². The molecule has 114 valence electrons. The topological polar surface area (TPSA) is 104 Å². The van der Waals surface area contributed by atoms with E-state index in [1.54, 1.807) is 6.07 Å². The number of aliphatic hydroxyl groups excluding tert-OH is 1. The van der Waals surface area contributed by atoms with Crippen molar-refractivity contribution in [3.8, 4) is 0 Å². The summed E-state index contributed by atoms with van der Waals surface area (Å²) >= 11 is 0. The molecule has 1 aliphatic rings. The second kappa shape index (κ2) is 6.53. The first kappa shape index (κ1) is 15.2. The molecule has 2 rings (SSSR count). The number of anilines is 1. The van der Waals surface area contributed by atoms with E-state index in [0.29, 0.717) is 12.2 Å². The molecule has 2 N–H and O–H groups in total. The van der Waals surface area contributed by atoms with Gasteiger partial charge in [0, 0.05) is 18.3 Å². The molecule has 7 heteroatoms. The van der Waals surface area contributed by atoms with Crippen molar-refractivity contribution in [3.05, 3.63) is 33.9 Å². The van der Waals surface area contributed by atoms with Crippen LogP contribution in [0.15, 0.2) is 18.2 Å². The number of nitro groups is 1. The molecule has 1 saturated heterocycles. The molecule has 1 aliphatic heterocycles. The average molecular weight is 294 g/mol. The monoisotopic (exact) mass is 294 g/mol. The highest BCUT2D eigenvalue weighted by Crippen LogP contribution is 2.29. The van der Waals surface area contributed by atoms with Crippen LogP contribution in [0.2, 0.25) is 0 Å². The Morgan fingerprint density at radius 2 is 2.14 bits per heavy atom. The normalized spacial score (nSPS) is 19.1. The molecule has 1 aromatic rings. The van der Waals surface area contributed by atoms with Crippen molar-refractivity contribution in [1.82, 2.24) is 0 Å². The van der Waals surface area contributed by atoms with Gasteiger partial charge in [0.15, 0.2) is 0 Å². The molecular formula is C14H18N2O5. The lowest BCUT2D eigenvalue weighted by atomic mass is 10.1. The number of hydrogen-bond acceptors (Lipinski definition) is 5. The maximum Gasteiger partial charge on any atom is 0.342 e. The highest BCUT2D eigenvalue weighted by molar-refractivity contribution is 5.93. The maximum atomic E-state index is 11.1. The van der Waals surface area contributed by atoms with Gasteiger partial charge in [-0.15, -0.1) is 0 Å². The van der Waals surface area contributed by atoms with Crippen LogP contribution in [0.5, 0.6) is 0 Å². The number of nitrogens with zero attached hydrogens (tertiary/aromatic N) is 2. The van der Waals surface area contributed by atoms with Gasteiger partial charge < -0.3 is 15.1 Å². The van der Waals surface area contributed by atoms with Crippen LogP contribution in [0.25, 0.3) is 0 Å². The largest absolute Gasteiger partial charge is 0.477 e. The number of carboxylic acids is 1. The van der Waals surface area contributed by atoms with Crippen molar-refractivity contribution in [1.29, 1.82) is 0 Å². The van der Waals surface area contributed by atoms with E-state index < -0.39 is 16.6 Å². The minimum Gasteiger partial charge on any atom is -0.477 e. The summed E-state index contributed by atoms with van der Waals surface area (Å²) in [6.07, 6.45) is 3.84. The van der Waals surface area contributed by atoms with E-state index in [1.165, 1.54) is 12.1 Å². The van der Waals surface area contributed by atoms with Crippen molar-refractivity contribution >= 4 is 17.3 Å². The molecule has 0 aromatic heterocycles. The van der Waals surface area contributed by atoms with Gasteiger partial charge >= 0.3 is 5.97 Å². The van der Waals surface area contributed by atoms with Gasteiger partial charge in [0.2, 0.25) is 0 Å². The van der Waals surface area contributed by atoms with E-state index in [1.807, 2.05) is 4.90 Å². The summed E-state index contributed by atoms with van der Waals surface area (Å²) in [5.74, 6) is -1.32. The van der Waals surface area contributed by atoms with Gasteiger partial charge in [0.25, 0.3) is 5.69 Å². The van der Waals surface area contributed by atoms with Crippen molar-refractivity contribution in [2.75, 3.05) is 18.1 Å². The van der Waals surface area contributed by atoms with Crippen LogP contribution < -0.4 is 4.90 Å². The third-order valence-corrected chi connectivity index (χ3v) is 3.83. The van der Waals surface area contributed by atoms with E-state index >= 15 is 0 Å². The zero-order valence-corrected chi connectivity index (χ0v) is 11.6. The molecule has 0 spiro atoms. The third kappa shape index (κ3) is 3.30. The Balaban J connectivity index is 2.40. The number of hydrogen-bond donors (Lipinski definition) is 2. The maximum absolute atomic E-state index is 11.1. The van der Waals surface area contributed by atoms with Gasteiger partial charge in [0.1, 0.15) is 5.56 Å². The second-order valence-corrected chi connectivity index (χ2v) is 5.14. The van der Waals surface area contributed by atoms with E-state index in [4.69, 9.17) is 5.11 Å². The van der Waals surface area contributed by atoms with Crippen LogP contribution in [0.1, 0.15) is 36.0 Å². The molecule has 0 radical (unpaired) electrons. The standard InChI is InChI=1S/C14H18N2O5/c17-9-11-4-2-1-3-7-15(11)10-5-6-12(14(18)19)13(8-10)16(20)21/h5-6,8,11,17H,1-4,7,9H2,(H,18,19). The van der Waals surface area contributed by atoms with E-state index in [-0.39, 0.29) is 18.2 Å². The smallest absolute Gasteiger partial charge is 0.342 e. The van der Waals surface area contributed by atoms with Gasteiger partial charge in [-0.1, -0.05) is 12.8 Å². The van der Waals surface area contributed by atoms with E-state index in [2.05, 4.69) is 0 Å². The summed E-state index contributed by atoms with van der Waals surface area (Å²) in [5, 5.41) is 29.6. The number of aliphatic hydroxyl groups is 1. The SMILES string of the molecule is O=C(O)c1ccc(N2CCCCCC2CO)cc1[N+](=O)[O-]. The van der Waals surface area contributed by atoms with Gasteiger partial charge in [-0.2, -0.15) is 0 Å². The van der Waals surface area contributed by atoms with Gasteiger partial charge in [-0.3, -0.25) is 10.1 Å². The quantitative estimate of drug-likeness (QED) is 0.650. The highest BCUT2D eigenvalue weighted by atomic mass is 16.6. The summed E-state index contributed by atoms with van der Waals surface area (Å²) in [4.78, 5) is 23.3. The summed E-state index contributed by atoms with van der Waals surface area (Å²) < 4.78 is 0. The molecule has 1 aromatic carbocycles. The van der Waals surface area contributed by atoms with Crippen LogP contribution in [0.4, 0.5) is 11.4 Å². The molecule has 0 amide bonds. The van der Waals surface area contributed by atoms with Crippen LogP contribution in [0, 0.1) is 10.1 Å². The Bertz CT molecular complexity index is 546. The molecular weight excluding hydrogens is 276 g/mol. The molecule has 7 nitrogen and oxygen atoms in total. The lowest BCUT2D eigenvalue weighted by Crippen LogP contribution is -2.37. The summed E-state index contributed by atoms with van der Waals surface area (Å²) in [5.41, 5.74) is -0.146. The first-order valence-corrected chi connectivity index (χ1v) is 6.94. The predicted octanol–water partition coefficient (Wildman–Crippen LogP) is 2.03. The fraction of sp³-hybridized carbons (Fsp3) is 0.500. The summed E-state index contributed by atoms with van der Waals surface area (Å²) in [6, 6.07) is 4.04. The number of carbonyl (C=O) groups is 1. The van der Waals surface area contributed by atoms with Gasteiger partial charge in [0.05, 0.1) is 17.6 Å². The Hall–Kier alpha value is -2.15. The van der Waals surface area contributed by atoms with E-state index in [9.17, 15) is 20.0 Å². The highest BCUT2D eigenvalue weighted by Gasteiger charge is 2.25. The van der Waals surface area contributed by atoms with Crippen LogP contribution >= 0.6 is 0 Å². The van der Waals surface area contributed by atoms with Crippen LogP contribution in [0.3, 0.4) is 0 Å². The first-order chi connectivity index (χ1) is 10.0. The first-order valence-electron chi connectivity index (χ1n) is 6.94. The fourth-order valence-electron chi connectivity index (χ4n) is 2.74. The minimum atomic E-state index is -1.32. The number of carboxylic acid groups (broad SMARTS) is 1. The Morgan fingerprint density at radius 3 is 2.76 bits per heavy atom. The summed E-state index contributed by atoms with van der Waals surface area (Å²) in [7, 11) is 0. The Kier molecular flexibility index (Phi) is 4.74. The number of nitro benzene ring substituents is 1. The molecule has 0 aliphatic carbocycles. The molecule has 1 atom stereocenters. The van der Waals surface area contributed by atoms with Crippen LogP contribution in [-0.2, 0) is 0 Å². The van der Waals surface area contributed by atoms with Gasteiger partial charge in [-0.25, -0.2) is 4.79 Å². The lowest BCUT2D eigenvalue weighted by molar-refractivity contribution is -0.385. The number of rotatable bonds is 4. The predicted molar refractivity (Wildman–Crippen MR) is 76.7 cm³/mol. The molecule has 1 heterocycles.